The topological polar surface area (TPSA) is 96.2 Å². The van der Waals surface area contributed by atoms with Crippen LogP contribution in [0.3, 0.4) is 0 Å². The average molecular weight is 443 g/mol. The number of methoxy groups -OCH3 is 1. The fourth-order valence-corrected chi connectivity index (χ4v) is 4.13. The lowest BCUT2D eigenvalue weighted by atomic mass is 9.97. The molecular formula is C26H34O6. The summed E-state index contributed by atoms with van der Waals surface area (Å²) in [5.41, 5.74) is 1.87. The van der Waals surface area contributed by atoms with E-state index in [9.17, 15) is 20.1 Å². The van der Waals surface area contributed by atoms with Crippen molar-refractivity contribution in [2.75, 3.05) is 7.11 Å². The molecule has 2 aromatic rings. The number of phenolic OH excluding ortho intramolecular Hbond substituents is 2. The van der Waals surface area contributed by atoms with E-state index >= 15 is 0 Å². The summed E-state index contributed by atoms with van der Waals surface area (Å²) in [7, 11) is 1.49. The van der Waals surface area contributed by atoms with Crippen molar-refractivity contribution in [2.24, 2.45) is 0 Å². The molecule has 3 N–H and O–H groups in total. The van der Waals surface area contributed by atoms with E-state index in [1.807, 2.05) is 12.1 Å². The minimum Gasteiger partial charge on any atom is -0.504 e. The molecule has 2 aromatic carbocycles. The largest absolute Gasteiger partial charge is 0.504 e. The smallest absolute Gasteiger partial charge is 0.161 e. The first-order valence-corrected chi connectivity index (χ1v) is 11.5. The Bertz CT molecular complexity index is 888. The Labute approximate surface area is 189 Å². The number of aromatic hydroxyl groups is 2. The summed E-state index contributed by atoms with van der Waals surface area (Å²) in [6, 6.07) is 10.3. The Balaban J connectivity index is 1.44. The Morgan fingerprint density at radius 1 is 0.969 bits per heavy atom. The average Bonchev–Trinajstić information content (AvgIpc) is 2.79. The van der Waals surface area contributed by atoms with Crippen LogP contribution in [0.5, 0.6) is 23.0 Å². The quantitative estimate of drug-likeness (QED) is 0.467. The van der Waals surface area contributed by atoms with Crippen molar-refractivity contribution in [3.8, 4) is 23.0 Å². The first kappa shape index (κ1) is 23.9. The predicted octanol–water partition coefficient (Wildman–Crippen LogP) is 4.70. The molecule has 6 nitrogen and oxygen atoms in total. The van der Waals surface area contributed by atoms with Gasteiger partial charge < -0.3 is 24.8 Å². The fourth-order valence-electron chi connectivity index (χ4n) is 4.13. The van der Waals surface area contributed by atoms with E-state index in [-0.39, 0.29) is 29.8 Å². The van der Waals surface area contributed by atoms with Gasteiger partial charge in [-0.2, -0.15) is 0 Å². The molecule has 0 radical (unpaired) electrons. The van der Waals surface area contributed by atoms with Gasteiger partial charge in [0.2, 0.25) is 0 Å². The van der Waals surface area contributed by atoms with Gasteiger partial charge in [-0.1, -0.05) is 18.6 Å². The maximum Gasteiger partial charge on any atom is 0.161 e. The lowest BCUT2D eigenvalue weighted by Gasteiger charge is -2.23. The Kier molecular flexibility index (Phi) is 8.80. The molecule has 0 saturated heterocycles. The number of Topliss-reactive ketones (excluding diaryl/α,β-unsaturated/α-hetero) is 1. The van der Waals surface area contributed by atoms with E-state index in [4.69, 9.17) is 9.47 Å². The van der Waals surface area contributed by atoms with E-state index < -0.39 is 6.10 Å². The molecule has 0 amide bonds. The first-order chi connectivity index (χ1) is 15.4. The van der Waals surface area contributed by atoms with E-state index in [0.717, 1.165) is 36.8 Å². The Hall–Kier alpha value is -2.73. The van der Waals surface area contributed by atoms with Crippen molar-refractivity contribution in [3.05, 3.63) is 47.5 Å². The van der Waals surface area contributed by atoms with Gasteiger partial charge >= 0.3 is 0 Å². The van der Waals surface area contributed by atoms with Gasteiger partial charge in [0.1, 0.15) is 5.78 Å². The zero-order chi connectivity index (χ0) is 22.9. The molecule has 174 valence electrons. The van der Waals surface area contributed by atoms with Gasteiger partial charge in [-0.05, 0) is 80.3 Å². The number of aryl methyl sites for hydroxylation is 2. The second kappa shape index (κ2) is 11.8. The number of benzene rings is 2. The van der Waals surface area contributed by atoms with Crippen LogP contribution in [0.1, 0.15) is 62.5 Å². The Morgan fingerprint density at radius 3 is 2.28 bits per heavy atom. The molecule has 1 saturated carbocycles. The molecule has 1 aliphatic rings. The number of ether oxygens (including phenoxy) is 2. The number of carbonyl (C=O) groups excluding carboxylic acids is 1. The summed E-state index contributed by atoms with van der Waals surface area (Å²) in [5.74, 6) is 1.09. The van der Waals surface area contributed by atoms with Crippen molar-refractivity contribution in [3.63, 3.8) is 0 Å². The third kappa shape index (κ3) is 7.16. The monoisotopic (exact) mass is 442 g/mol. The number of phenols is 2. The zero-order valence-corrected chi connectivity index (χ0v) is 18.8. The third-order valence-electron chi connectivity index (χ3n) is 6.04. The van der Waals surface area contributed by atoms with E-state index in [0.29, 0.717) is 37.2 Å². The molecule has 32 heavy (non-hydrogen) atoms. The normalized spacial score (nSPS) is 15.3. The van der Waals surface area contributed by atoms with Crippen molar-refractivity contribution in [1.29, 1.82) is 0 Å². The maximum atomic E-state index is 12.3. The predicted molar refractivity (Wildman–Crippen MR) is 123 cm³/mol. The number of ketones is 1. The van der Waals surface area contributed by atoms with Crippen LogP contribution < -0.4 is 9.47 Å². The highest BCUT2D eigenvalue weighted by Crippen LogP contribution is 2.32. The zero-order valence-electron chi connectivity index (χ0n) is 18.8. The minimum absolute atomic E-state index is 0.00318. The fraction of sp³-hybridized carbons (Fsp3) is 0.500. The first-order valence-electron chi connectivity index (χ1n) is 11.5. The molecule has 0 spiro atoms. The third-order valence-corrected chi connectivity index (χ3v) is 6.04. The minimum atomic E-state index is -0.714. The van der Waals surface area contributed by atoms with Crippen LogP contribution in [0.25, 0.3) is 0 Å². The van der Waals surface area contributed by atoms with Crippen molar-refractivity contribution in [1.82, 2.24) is 0 Å². The van der Waals surface area contributed by atoms with Gasteiger partial charge in [0.05, 0.1) is 19.3 Å². The Morgan fingerprint density at radius 2 is 1.59 bits per heavy atom. The number of aliphatic hydroxyl groups excluding tert-OH is 1. The number of hydrogen-bond donors (Lipinski definition) is 3. The molecule has 1 aliphatic carbocycles. The highest BCUT2D eigenvalue weighted by molar-refractivity contribution is 5.79. The van der Waals surface area contributed by atoms with Gasteiger partial charge in [0, 0.05) is 12.8 Å². The molecule has 0 aliphatic heterocycles. The SMILES string of the molecule is COc1cc(CCC(=O)CC(O)CCc2ccc(O)c(OC3CCCCC3)c2)ccc1O. The molecule has 3 rings (SSSR count). The van der Waals surface area contributed by atoms with Gasteiger partial charge in [0.25, 0.3) is 0 Å². The van der Waals surface area contributed by atoms with Gasteiger partial charge in [-0.25, -0.2) is 0 Å². The number of rotatable bonds is 11. The highest BCUT2D eigenvalue weighted by Gasteiger charge is 2.17. The molecule has 0 heterocycles. The van der Waals surface area contributed by atoms with Crippen molar-refractivity contribution >= 4 is 5.78 Å². The molecule has 0 aromatic heterocycles. The molecular weight excluding hydrogens is 408 g/mol. The summed E-state index contributed by atoms with van der Waals surface area (Å²) in [4.78, 5) is 12.3. The van der Waals surface area contributed by atoms with E-state index in [1.165, 1.54) is 13.5 Å². The van der Waals surface area contributed by atoms with Gasteiger partial charge in [0.15, 0.2) is 23.0 Å². The molecule has 1 unspecified atom stereocenters. The second-order valence-electron chi connectivity index (χ2n) is 8.62. The van der Waals surface area contributed by atoms with E-state index in [1.54, 1.807) is 24.3 Å². The van der Waals surface area contributed by atoms with Crippen LogP contribution in [0.15, 0.2) is 36.4 Å². The maximum absolute atomic E-state index is 12.3. The van der Waals surface area contributed by atoms with Crippen molar-refractivity contribution in [2.45, 2.75) is 76.4 Å². The second-order valence-corrected chi connectivity index (χ2v) is 8.62. The van der Waals surface area contributed by atoms with Crippen LogP contribution in [-0.4, -0.2) is 40.4 Å². The van der Waals surface area contributed by atoms with Crippen LogP contribution in [0.4, 0.5) is 0 Å². The van der Waals surface area contributed by atoms with Gasteiger partial charge in [-0.3, -0.25) is 4.79 Å². The highest BCUT2D eigenvalue weighted by atomic mass is 16.5. The summed E-state index contributed by atoms with van der Waals surface area (Å²) in [6.45, 7) is 0. The van der Waals surface area contributed by atoms with Crippen LogP contribution >= 0.6 is 0 Å². The standard InChI is InChI=1S/C26H34O6/c1-31-25-15-18(9-13-23(25)29)7-11-20(27)17-21(28)12-8-19-10-14-24(30)26(16-19)32-22-5-3-2-4-6-22/h9-10,13-16,21-22,28-30H,2-8,11-12,17H2,1H3. The summed E-state index contributed by atoms with van der Waals surface area (Å²) < 4.78 is 11.1. The van der Waals surface area contributed by atoms with E-state index in [2.05, 4.69) is 0 Å². The lowest BCUT2D eigenvalue weighted by molar-refractivity contribution is -0.121. The van der Waals surface area contributed by atoms with Crippen LogP contribution in [0.2, 0.25) is 0 Å². The summed E-state index contributed by atoms with van der Waals surface area (Å²) in [5, 5.41) is 30.1. The number of hydrogen-bond acceptors (Lipinski definition) is 6. The van der Waals surface area contributed by atoms with Crippen LogP contribution in [0, 0.1) is 0 Å². The summed E-state index contributed by atoms with van der Waals surface area (Å²) in [6.07, 6.45) is 7.06. The molecule has 6 heteroatoms. The lowest BCUT2D eigenvalue weighted by Crippen LogP contribution is -2.19. The molecule has 0 bridgehead atoms. The number of carbonyl (C=O) groups is 1. The molecule has 1 atom stereocenters. The molecule has 1 fully saturated rings. The van der Waals surface area contributed by atoms with Crippen molar-refractivity contribution < 1.29 is 29.6 Å². The van der Waals surface area contributed by atoms with Crippen LogP contribution in [-0.2, 0) is 17.6 Å². The van der Waals surface area contributed by atoms with Gasteiger partial charge in [-0.15, -0.1) is 0 Å². The summed E-state index contributed by atoms with van der Waals surface area (Å²) >= 11 is 0. The number of aliphatic hydroxyl groups is 1.